The van der Waals surface area contributed by atoms with Crippen molar-refractivity contribution in [1.29, 1.82) is 0 Å². The van der Waals surface area contributed by atoms with Gasteiger partial charge >= 0.3 is 0 Å². The molecule has 1 rings (SSSR count). The number of nitrogens with one attached hydrogen (secondary N) is 1. The summed E-state index contributed by atoms with van der Waals surface area (Å²) in [5.41, 5.74) is 2.47. The van der Waals surface area contributed by atoms with Crippen LogP contribution in [0.2, 0.25) is 0 Å². The Labute approximate surface area is 118 Å². The highest BCUT2D eigenvalue weighted by Crippen LogP contribution is 2.09. The second kappa shape index (κ2) is 11.8. The molecule has 1 atom stereocenters. The van der Waals surface area contributed by atoms with Crippen molar-refractivity contribution in [1.82, 2.24) is 9.73 Å². The number of nitrogen functional groups attached to an aromatic ring is 1. The topological polar surface area (TPSA) is 75.4 Å². The van der Waals surface area contributed by atoms with Crippen LogP contribution in [0.25, 0.3) is 0 Å². The number of carbonyl (C=O) groups is 1. The molecule has 5 nitrogen and oxygen atoms in total. The third kappa shape index (κ3) is 7.05. The molecule has 0 fully saturated rings. The number of hydrogen-bond acceptors (Lipinski definition) is 3. The number of carbonyl (C=O) groups excluding carboxylic acids is 1. The lowest BCUT2D eigenvalue weighted by atomic mass is 10.2. The molecule has 0 aliphatic carbocycles. The maximum Gasteiger partial charge on any atom is 0.265 e. The smallest absolute Gasteiger partial charge is 0.265 e. The van der Waals surface area contributed by atoms with Gasteiger partial charge in [-0.2, -0.15) is 0 Å². The minimum absolute atomic E-state index is 0.364. The van der Waals surface area contributed by atoms with Gasteiger partial charge in [-0.25, -0.2) is 14.4 Å². The minimum atomic E-state index is -1.19. The molecule has 1 aromatic carbocycles. The Morgan fingerprint density at radius 3 is 1.84 bits per heavy atom. The molecule has 0 heterocycles. The van der Waals surface area contributed by atoms with Crippen LogP contribution in [0.1, 0.15) is 38.1 Å². The van der Waals surface area contributed by atoms with Gasteiger partial charge in [0.2, 0.25) is 0 Å². The highest BCUT2D eigenvalue weighted by Gasteiger charge is 2.08. The van der Waals surface area contributed by atoms with Crippen LogP contribution in [0.15, 0.2) is 29.2 Å². The highest BCUT2D eigenvalue weighted by molar-refractivity contribution is 7.82. The number of nitrogens with two attached hydrogens (primary N) is 1. The molecule has 0 aliphatic heterocycles. The van der Waals surface area contributed by atoms with Crippen molar-refractivity contribution >= 4 is 16.9 Å². The summed E-state index contributed by atoms with van der Waals surface area (Å²) in [7, 11) is 2.25. The first-order valence-electron chi connectivity index (χ1n) is 6.26. The van der Waals surface area contributed by atoms with Crippen molar-refractivity contribution in [2.24, 2.45) is 5.84 Å². The van der Waals surface area contributed by atoms with Crippen LogP contribution in [0.4, 0.5) is 0 Å². The van der Waals surface area contributed by atoms with Crippen molar-refractivity contribution in [2.75, 3.05) is 14.1 Å². The van der Waals surface area contributed by atoms with Gasteiger partial charge in [0.05, 0.1) is 4.90 Å². The molecule has 0 bridgehead atoms. The molecule has 6 heteroatoms. The normalized spacial score (nSPS) is 10.5. The fraction of sp³-hybridized carbons (Fsp3) is 0.462. The summed E-state index contributed by atoms with van der Waals surface area (Å²) in [4.78, 5) is 11.8. The molecule has 0 aromatic heterocycles. The molecule has 0 saturated heterocycles. The van der Waals surface area contributed by atoms with Crippen molar-refractivity contribution in [3.63, 3.8) is 0 Å². The standard InChI is InChI=1S/C9H13N3O2S.2C2H6/c1-12(2)15(14)8-5-3-7(4-6-8)9(13)11-10;2*1-2/h3-6H,10H2,1-2H3,(H,11,13);2*1-2H3. The summed E-state index contributed by atoms with van der Waals surface area (Å²) in [5, 5.41) is 0. The monoisotopic (exact) mass is 287 g/mol. The van der Waals surface area contributed by atoms with Crippen LogP contribution in [-0.4, -0.2) is 28.5 Å². The second-order valence-corrected chi connectivity index (χ2v) is 4.76. The Bertz CT molecular complexity index is 378. The third-order valence-electron chi connectivity index (χ3n) is 1.78. The van der Waals surface area contributed by atoms with Crippen LogP contribution in [0.5, 0.6) is 0 Å². The van der Waals surface area contributed by atoms with E-state index in [1.165, 1.54) is 0 Å². The van der Waals surface area contributed by atoms with Gasteiger partial charge in [0.25, 0.3) is 5.91 Å². The van der Waals surface area contributed by atoms with Gasteiger partial charge in [0.15, 0.2) is 0 Å². The Morgan fingerprint density at radius 2 is 1.53 bits per heavy atom. The van der Waals surface area contributed by atoms with Gasteiger partial charge in [-0.05, 0) is 38.4 Å². The molecule has 1 aromatic rings. The Kier molecular flexibility index (Phi) is 12.5. The van der Waals surface area contributed by atoms with Crippen molar-refractivity contribution < 1.29 is 9.00 Å². The van der Waals surface area contributed by atoms with E-state index in [1.807, 2.05) is 33.1 Å². The minimum Gasteiger partial charge on any atom is -0.290 e. The Balaban J connectivity index is 0. The van der Waals surface area contributed by atoms with Gasteiger partial charge in [0.1, 0.15) is 11.0 Å². The van der Waals surface area contributed by atoms with Crippen LogP contribution < -0.4 is 11.3 Å². The van der Waals surface area contributed by atoms with Gasteiger partial charge < -0.3 is 0 Å². The Hall–Kier alpha value is -1.24. The van der Waals surface area contributed by atoms with Crippen LogP contribution >= 0.6 is 0 Å². The van der Waals surface area contributed by atoms with E-state index in [1.54, 1.807) is 42.7 Å². The highest BCUT2D eigenvalue weighted by atomic mass is 32.2. The average molecular weight is 287 g/mol. The first kappa shape index (κ1) is 20.1. The lowest BCUT2D eigenvalue weighted by Gasteiger charge is -2.09. The van der Waals surface area contributed by atoms with E-state index >= 15 is 0 Å². The SMILES string of the molecule is CC.CC.CN(C)S(=O)c1ccc(C(=O)NN)cc1. The summed E-state index contributed by atoms with van der Waals surface area (Å²) in [6, 6.07) is 6.44. The molecule has 0 saturated carbocycles. The van der Waals surface area contributed by atoms with Crippen molar-refractivity contribution in [3.05, 3.63) is 29.8 Å². The molecule has 0 spiro atoms. The number of amides is 1. The van der Waals surface area contributed by atoms with Crippen LogP contribution in [0.3, 0.4) is 0 Å². The first-order valence-corrected chi connectivity index (χ1v) is 7.37. The summed E-state index contributed by atoms with van der Waals surface area (Å²) in [6.07, 6.45) is 0. The average Bonchev–Trinajstić information content (AvgIpc) is 2.49. The Morgan fingerprint density at radius 1 is 1.11 bits per heavy atom. The van der Waals surface area contributed by atoms with E-state index in [0.29, 0.717) is 10.5 Å². The molecule has 0 aliphatic rings. The first-order chi connectivity index (χ1) is 9.06. The van der Waals surface area contributed by atoms with E-state index < -0.39 is 11.0 Å². The predicted octanol–water partition coefficient (Wildman–Crippen LogP) is 1.93. The quantitative estimate of drug-likeness (QED) is 0.507. The van der Waals surface area contributed by atoms with Crippen LogP contribution in [0, 0.1) is 0 Å². The van der Waals surface area contributed by atoms with Gasteiger partial charge in [-0.15, -0.1) is 0 Å². The van der Waals surface area contributed by atoms with E-state index in [4.69, 9.17) is 5.84 Å². The van der Waals surface area contributed by atoms with Gasteiger partial charge in [-0.1, -0.05) is 27.7 Å². The zero-order valence-electron chi connectivity index (χ0n) is 12.6. The number of rotatable bonds is 3. The molecule has 0 radical (unpaired) electrons. The molecule has 1 amide bonds. The van der Waals surface area contributed by atoms with Gasteiger partial charge in [-0.3, -0.25) is 10.2 Å². The summed E-state index contributed by atoms with van der Waals surface area (Å²) in [6.45, 7) is 8.00. The molecule has 1 unspecified atom stereocenters. The van der Waals surface area contributed by atoms with E-state index in [0.717, 1.165) is 0 Å². The molecule has 3 N–H and O–H groups in total. The maximum absolute atomic E-state index is 11.6. The van der Waals surface area contributed by atoms with E-state index in [9.17, 15) is 9.00 Å². The molecular weight excluding hydrogens is 262 g/mol. The maximum atomic E-state index is 11.6. The molecule has 110 valence electrons. The van der Waals surface area contributed by atoms with Crippen molar-refractivity contribution in [3.8, 4) is 0 Å². The fourth-order valence-electron chi connectivity index (χ4n) is 1.02. The molecular formula is C13H25N3O2S. The number of hydrazine groups is 1. The summed E-state index contributed by atoms with van der Waals surface area (Å²) < 4.78 is 13.2. The van der Waals surface area contributed by atoms with E-state index in [2.05, 4.69) is 0 Å². The lowest BCUT2D eigenvalue weighted by Crippen LogP contribution is -2.29. The zero-order valence-corrected chi connectivity index (χ0v) is 13.4. The molecule has 19 heavy (non-hydrogen) atoms. The number of benzene rings is 1. The summed E-state index contributed by atoms with van der Waals surface area (Å²) in [5.74, 6) is 4.62. The van der Waals surface area contributed by atoms with Crippen molar-refractivity contribution in [2.45, 2.75) is 32.6 Å². The van der Waals surface area contributed by atoms with E-state index in [-0.39, 0.29) is 5.91 Å². The second-order valence-electron chi connectivity index (χ2n) is 3.06. The lowest BCUT2D eigenvalue weighted by molar-refractivity contribution is 0.0953. The van der Waals surface area contributed by atoms with Gasteiger partial charge in [0, 0.05) is 5.56 Å². The van der Waals surface area contributed by atoms with Crippen LogP contribution in [-0.2, 0) is 11.0 Å². The fourth-order valence-corrected chi connectivity index (χ4v) is 1.81. The predicted molar refractivity (Wildman–Crippen MR) is 80.9 cm³/mol. The third-order valence-corrected chi connectivity index (χ3v) is 3.12. The number of nitrogens with zero attached hydrogens (tertiary/aromatic N) is 1. The summed E-state index contributed by atoms with van der Waals surface area (Å²) >= 11 is 0. The largest absolute Gasteiger partial charge is 0.290 e. The number of hydrogen-bond donors (Lipinski definition) is 2. The zero-order chi connectivity index (χ0) is 15.4.